The summed E-state index contributed by atoms with van der Waals surface area (Å²) in [6.45, 7) is 5.27. The summed E-state index contributed by atoms with van der Waals surface area (Å²) in [5.41, 5.74) is 1.01. The fourth-order valence-electron chi connectivity index (χ4n) is 2.01. The highest BCUT2D eigenvalue weighted by atomic mass is 32.2. The van der Waals surface area contributed by atoms with Crippen molar-refractivity contribution in [2.75, 3.05) is 18.1 Å². The summed E-state index contributed by atoms with van der Waals surface area (Å²) in [4.78, 5) is 24.6. The first-order chi connectivity index (χ1) is 11.6. The van der Waals surface area contributed by atoms with Gasteiger partial charge in [-0.05, 0) is 25.5 Å². The van der Waals surface area contributed by atoms with Gasteiger partial charge in [0.05, 0.1) is 5.75 Å². The van der Waals surface area contributed by atoms with Gasteiger partial charge in [-0.15, -0.1) is 16.9 Å². The largest absolute Gasteiger partial charge is 0.355 e. The minimum atomic E-state index is -0.228. The summed E-state index contributed by atoms with van der Waals surface area (Å²) in [5.74, 6) is 1.02. The lowest BCUT2D eigenvalue weighted by atomic mass is 10.2. The Bertz CT molecular complexity index is 710. The zero-order valence-electron chi connectivity index (χ0n) is 13.9. The van der Waals surface area contributed by atoms with Crippen LogP contribution in [0.1, 0.15) is 18.9 Å². The van der Waals surface area contributed by atoms with E-state index in [9.17, 15) is 9.59 Å². The van der Waals surface area contributed by atoms with Crippen molar-refractivity contribution in [1.82, 2.24) is 20.1 Å². The van der Waals surface area contributed by atoms with E-state index >= 15 is 0 Å². The standard InChI is InChI=1S/C16H22N4O2S2/c1-3-9-20-15(22)18-19-16(20)24-11-14(21)17-8-10-23-13-6-4-12(2)5-7-13/h4-7H,3,8-11H2,1-2H3,(H,17,21)(H,18,22). The minimum absolute atomic E-state index is 0.0528. The number of H-pyrrole nitrogens is 1. The van der Waals surface area contributed by atoms with Crippen LogP contribution in [0, 0.1) is 6.92 Å². The van der Waals surface area contributed by atoms with E-state index in [4.69, 9.17) is 0 Å². The highest BCUT2D eigenvalue weighted by molar-refractivity contribution is 7.99. The third-order valence-corrected chi connectivity index (χ3v) is 5.21. The van der Waals surface area contributed by atoms with Gasteiger partial charge >= 0.3 is 5.69 Å². The van der Waals surface area contributed by atoms with Crippen molar-refractivity contribution in [3.8, 4) is 0 Å². The second-order valence-electron chi connectivity index (χ2n) is 5.26. The summed E-state index contributed by atoms with van der Waals surface area (Å²) >= 11 is 2.99. The number of thioether (sulfide) groups is 2. The second kappa shape index (κ2) is 9.58. The molecule has 2 N–H and O–H groups in total. The number of amides is 1. The Morgan fingerprint density at radius 3 is 2.75 bits per heavy atom. The third kappa shape index (κ3) is 5.76. The average molecular weight is 367 g/mol. The van der Waals surface area contributed by atoms with E-state index in [1.165, 1.54) is 22.2 Å². The Hall–Kier alpha value is -1.67. The molecule has 0 aliphatic rings. The Kier molecular flexibility index (Phi) is 7.45. The smallest absolute Gasteiger partial charge is 0.343 e. The average Bonchev–Trinajstić information content (AvgIpc) is 2.92. The SMILES string of the molecule is CCCn1c(SCC(=O)NCCSc2ccc(C)cc2)n[nH]c1=O. The van der Waals surface area contributed by atoms with Crippen molar-refractivity contribution >= 4 is 29.4 Å². The number of rotatable bonds is 9. The normalized spacial score (nSPS) is 10.8. The molecule has 1 aromatic carbocycles. The van der Waals surface area contributed by atoms with Crippen LogP contribution in [-0.2, 0) is 11.3 Å². The number of hydrogen-bond acceptors (Lipinski definition) is 5. The molecule has 0 aliphatic heterocycles. The topological polar surface area (TPSA) is 79.8 Å². The van der Waals surface area contributed by atoms with Crippen LogP contribution in [0.5, 0.6) is 0 Å². The predicted octanol–water partition coefficient (Wildman–Crippen LogP) is 2.29. The van der Waals surface area contributed by atoms with Crippen LogP contribution >= 0.6 is 23.5 Å². The molecule has 1 amide bonds. The number of carbonyl (C=O) groups excluding carboxylic acids is 1. The maximum Gasteiger partial charge on any atom is 0.343 e. The van der Waals surface area contributed by atoms with Gasteiger partial charge in [-0.3, -0.25) is 9.36 Å². The number of carbonyl (C=O) groups is 1. The van der Waals surface area contributed by atoms with E-state index in [0.717, 1.165) is 12.2 Å². The van der Waals surface area contributed by atoms with Gasteiger partial charge in [0.15, 0.2) is 5.16 Å². The van der Waals surface area contributed by atoms with Crippen LogP contribution in [0.4, 0.5) is 0 Å². The molecule has 130 valence electrons. The molecule has 0 atom stereocenters. The molecule has 0 saturated heterocycles. The van der Waals surface area contributed by atoms with Crippen molar-refractivity contribution < 1.29 is 4.79 Å². The van der Waals surface area contributed by atoms with Crippen molar-refractivity contribution in [1.29, 1.82) is 0 Å². The van der Waals surface area contributed by atoms with E-state index in [2.05, 4.69) is 46.7 Å². The Labute approximate surface area is 149 Å². The van der Waals surface area contributed by atoms with Crippen LogP contribution in [0.15, 0.2) is 39.1 Å². The monoisotopic (exact) mass is 366 g/mol. The molecule has 0 aliphatic carbocycles. The lowest BCUT2D eigenvalue weighted by molar-refractivity contribution is -0.118. The zero-order chi connectivity index (χ0) is 17.4. The summed E-state index contributed by atoms with van der Waals surface area (Å²) in [5, 5.41) is 9.82. The van der Waals surface area contributed by atoms with Gasteiger partial charge in [-0.1, -0.05) is 36.4 Å². The van der Waals surface area contributed by atoms with Crippen LogP contribution in [0.2, 0.25) is 0 Å². The molecule has 1 aromatic heterocycles. The maximum atomic E-state index is 11.9. The van der Waals surface area contributed by atoms with Gasteiger partial charge < -0.3 is 5.32 Å². The molecule has 0 spiro atoms. The van der Waals surface area contributed by atoms with Gasteiger partial charge in [0, 0.05) is 23.7 Å². The molecule has 0 saturated carbocycles. The first kappa shape index (κ1) is 18.7. The molecule has 0 fully saturated rings. The Morgan fingerprint density at radius 1 is 1.29 bits per heavy atom. The fraction of sp³-hybridized carbons (Fsp3) is 0.438. The number of benzene rings is 1. The predicted molar refractivity (Wildman–Crippen MR) is 98.8 cm³/mol. The number of aryl methyl sites for hydroxylation is 1. The first-order valence-corrected chi connectivity index (χ1v) is 9.81. The molecule has 0 radical (unpaired) electrons. The lowest BCUT2D eigenvalue weighted by Gasteiger charge is -2.06. The zero-order valence-corrected chi connectivity index (χ0v) is 15.5. The van der Waals surface area contributed by atoms with Crippen molar-refractivity contribution in [3.63, 3.8) is 0 Å². The van der Waals surface area contributed by atoms with E-state index in [1.807, 2.05) is 6.92 Å². The number of hydrogen-bond donors (Lipinski definition) is 2. The van der Waals surface area contributed by atoms with E-state index in [1.54, 1.807) is 16.3 Å². The summed E-state index contributed by atoms with van der Waals surface area (Å²) in [6.07, 6.45) is 0.843. The maximum absolute atomic E-state index is 11.9. The highest BCUT2D eigenvalue weighted by Gasteiger charge is 2.10. The van der Waals surface area contributed by atoms with Crippen LogP contribution in [-0.4, -0.2) is 38.7 Å². The van der Waals surface area contributed by atoms with Gasteiger partial charge in [-0.25, -0.2) is 9.89 Å². The number of nitrogens with one attached hydrogen (secondary N) is 2. The molecule has 24 heavy (non-hydrogen) atoms. The summed E-state index contributed by atoms with van der Waals surface area (Å²) in [7, 11) is 0. The first-order valence-electron chi connectivity index (χ1n) is 7.84. The van der Waals surface area contributed by atoms with Gasteiger partial charge in [0.1, 0.15) is 0 Å². The molecule has 8 heteroatoms. The summed E-state index contributed by atoms with van der Waals surface area (Å²) < 4.78 is 1.56. The van der Waals surface area contributed by atoms with E-state index in [-0.39, 0.29) is 17.3 Å². The molecular formula is C16H22N4O2S2. The number of nitrogens with zero attached hydrogens (tertiary/aromatic N) is 2. The molecule has 6 nitrogen and oxygen atoms in total. The molecule has 0 unspecified atom stereocenters. The van der Waals surface area contributed by atoms with Gasteiger partial charge in [0.25, 0.3) is 0 Å². The van der Waals surface area contributed by atoms with Crippen LogP contribution in [0.25, 0.3) is 0 Å². The lowest BCUT2D eigenvalue weighted by Crippen LogP contribution is -2.27. The molecule has 2 aromatic rings. The van der Waals surface area contributed by atoms with E-state index < -0.39 is 0 Å². The van der Waals surface area contributed by atoms with Crippen molar-refractivity contribution in [2.24, 2.45) is 0 Å². The number of aromatic amines is 1. The Morgan fingerprint density at radius 2 is 2.04 bits per heavy atom. The third-order valence-electron chi connectivity index (χ3n) is 3.22. The van der Waals surface area contributed by atoms with Gasteiger partial charge in [-0.2, -0.15) is 0 Å². The van der Waals surface area contributed by atoms with Crippen LogP contribution in [0.3, 0.4) is 0 Å². The molecule has 1 heterocycles. The minimum Gasteiger partial charge on any atom is -0.355 e. The number of aromatic nitrogens is 3. The summed E-state index contributed by atoms with van der Waals surface area (Å²) in [6, 6.07) is 8.33. The van der Waals surface area contributed by atoms with Gasteiger partial charge in [0.2, 0.25) is 5.91 Å². The van der Waals surface area contributed by atoms with Crippen molar-refractivity contribution in [3.05, 3.63) is 40.3 Å². The van der Waals surface area contributed by atoms with Crippen molar-refractivity contribution in [2.45, 2.75) is 36.9 Å². The fourth-order valence-corrected chi connectivity index (χ4v) is 3.58. The highest BCUT2D eigenvalue weighted by Crippen LogP contribution is 2.17. The Balaban J connectivity index is 1.68. The second-order valence-corrected chi connectivity index (χ2v) is 7.37. The molecule has 2 rings (SSSR count). The molecular weight excluding hydrogens is 344 g/mol. The van der Waals surface area contributed by atoms with Crippen LogP contribution < -0.4 is 11.0 Å². The molecule has 0 bridgehead atoms. The van der Waals surface area contributed by atoms with E-state index in [0.29, 0.717) is 18.2 Å². The quantitative estimate of drug-likeness (QED) is 0.526.